The van der Waals surface area contributed by atoms with Gasteiger partial charge in [-0.3, -0.25) is 4.98 Å². The number of methoxy groups -OCH3 is 1. The van der Waals surface area contributed by atoms with E-state index in [-0.39, 0.29) is 5.97 Å². The Morgan fingerprint density at radius 2 is 2.21 bits per heavy atom. The zero-order valence-electron chi connectivity index (χ0n) is 10.9. The van der Waals surface area contributed by atoms with Gasteiger partial charge in [0.05, 0.1) is 19.2 Å². The summed E-state index contributed by atoms with van der Waals surface area (Å²) in [6.07, 6.45) is 4.85. The second kappa shape index (κ2) is 6.00. The number of nitrogens with zero attached hydrogens (tertiary/aromatic N) is 1. The summed E-state index contributed by atoms with van der Waals surface area (Å²) in [6.45, 7) is 2.15. The Kier molecular flexibility index (Phi) is 4.13. The van der Waals surface area contributed by atoms with Crippen molar-refractivity contribution in [3.63, 3.8) is 0 Å². The maximum absolute atomic E-state index is 11.3. The summed E-state index contributed by atoms with van der Waals surface area (Å²) in [5.74, 6) is 0.404. The summed E-state index contributed by atoms with van der Waals surface area (Å²) in [5.41, 5.74) is 1.75. The van der Waals surface area contributed by atoms with Gasteiger partial charge < -0.3 is 9.47 Å². The van der Waals surface area contributed by atoms with Gasteiger partial charge in [-0.25, -0.2) is 4.79 Å². The SMILES string of the molecule is CCOC(=O)C=Cc1ccnc2ccc(OC)cc12. The molecule has 0 aliphatic rings. The zero-order chi connectivity index (χ0) is 13.7. The number of hydrogen-bond donors (Lipinski definition) is 0. The number of hydrogen-bond acceptors (Lipinski definition) is 4. The number of benzene rings is 1. The van der Waals surface area contributed by atoms with Gasteiger partial charge in [0.1, 0.15) is 5.75 Å². The number of rotatable bonds is 4. The van der Waals surface area contributed by atoms with Crippen LogP contribution >= 0.6 is 0 Å². The maximum Gasteiger partial charge on any atom is 0.330 e. The lowest BCUT2D eigenvalue weighted by atomic mass is 10.1. The van der Waals surface area contributed by atoms with E-state index in [9.17, 15) is 4.79 Å². The molecule has 0 spiro atoms. The van der Waals surface area contributed by atoms with Crippen molar-refractivity contribution >= 4 is 22.9 Å². The van der Waals surface area contributed by atoms with Gasteiger partial charge in [0.15, 0.2) is 0 Å². The molecule has 4 heteroatoms. The molecule has 0 atom stereocenters. The predicted molar refractivity (Wildman–Crippen MR) is 74.0 cm³/mol. The van der Waals surface area contributed by atoms with Crippen molar-refractivity contribution in [1.82, 2.24) is 4.98 Å². The highest BCUT2D eigenvalue weighted by Gasteiger charge is 2.02. The van der Waals surface area contributed by atoms with E-state index >= 15 is 0 Å². The molecule has 1 aromatic carbocycles. The Hall–Kier alpha value is -2.36. The normalized spacial score (nSPS) is 10.8. The van der Waals surface area contributed by atoms with Crippen molar-refractivity contribution in [2.75, 3.05) is 13.7 Å². The monoisotopic (exact) mass is 257 g/mol. The molecule has 0 saturated heterocycles. The molecule has 2 rings (SSSR count). The second-order valence-corrected chi connectivity index (χ2v) is 3.87. The Labute approximate surface area is 111 Å². The third-order valence-electron chi connectivity index (χ3n) is 2.67. The van der Waals surface area contributed by atoms with Gasteiger partial charge in [-0.2, -0.15) is 0 Å². The first-order valence-electron chi connectivity index (χ1n) is 6.02. The first-order valence-corrected chi connectivity index (χ1v) is 6.02. The molecule has 0 N–H and O–H groups in total. The molecule has 0 unspecified atom stereocenters. The number of carbonyl (C=O) groups excluding carboxylic acids is 1. The Morgan fingerprint density at radius 1 is 1.37 bits per heavy atom. The molecule has 0 saturated carbocycles. The van der Waals surface area contributed by atoms with Crippen molar-refractivity contribution < 1.29 is 14.3 Å². The van der Waals surface area contributed by atoms with Crippen LogP contribution in [0.5, 0.6) is 5.75 Å². The molecular formula is C15H15NO3. The molecule has 0 radical (unpaired) electrons. The third kappa shape index (κ3) is 3.10. The van der Waals surface area contributed by atoms with Gasteiger partial charge in [-0.1, -0.05) is 0 Å². The molecule has 0 aliphatic carbocycles. The minimum absolute atomic E-state index is 0.352. The molecule has 0 fully saturated rings. The number of fused-ring (bicyclic) bond motifs is 1. The number of pyridine rings is 1. The van der Waals surface area contributed by atoms with Gasteiger partial charge in [-0.05, 0) is 42.8 Å². The lowest BCUT2D eigenvalue weighted by Crippen LogP contribution is -1.98. The van der Waals surface area contributed by atoms with Crippen LogP contribution in [-0.2, 0) is 9.53 Å². The standard InChI is InChI=1S/C15H15NO3/c1-3-19-15(17)7-4-11-8-9-16-14-6-5-12(18-2)10-13(11)14/h4-10H,3H2,1-2H3. The summed E-state index contributed by atoms with van der Waals surface area (Å²) in [6, 6.07) is 7.48. The van der Waals surface area contributed by atoms with Crippen LogP contribution in [0.25, 0.3) is 17.0 Å². The first kappa shape index (κ1) is 13.1. The Bertz CT molecular complexity index is 620. The van der Waals surface area contributed by atoms with E-state index < -0.39 is 0 Å². The predicted octanol–water partition coefficient (Wildman–Crippen LogP) is 2.82. The van der Waals surface area contributed by atoms with Gasteiger partial charge in [0.25, 0.3) is 0 Å². The maximum atomic E-state index is 11.3. The molecule has 2 aromatic rings. The fourth-order valence-electron chi connectivity index (χ4n) is 1.77. The van der Waals surface area contributed by atoms with Crippen LogP contribution in [0.15, 0.2) is 36.5 Å². The van der Waals surface area contributed by atoms with E-state index in [0.717, 1.165) is 22.2 Å². The van der Waals surface area contributed by atoms with Crippen molar-refractivity contribution in [3.8, 4) is 5.75 Å². The number of esters is 1. The van der Waals surface area contributed by atoms with E-state index in [1.54, 1.807) is 26.3 Å². The van der Waals surface area contributed by atoms with Crippen molar-refractivity contribution in [2.24, 2.45) is 0 Å². The molecule has 1 heterocycles. The van der Waals surface area contributed by atoms with E-state index in [1.807, 2.05) is 24.3 Å². The van der Waals surface area contributed by atoms with Crippen LogP contribution in [0.2, 0.25) is 0 Å². The second-order valence-electron chi connectivity index (χ2n) is 3.87. The molecule has 0 bridgehead atoms. The number of aromatic nitrogens is 1. The molecule has 98 valence electrons. The zero-order valence-corrected chi connectivity index (χ0v) is 10.9. The smallest absolute Gasteiger partial charge is 0.330 e. The highest BCUT2D eigenvalue weighted by molar-refractivity contribution is 5.93. The fourth-order valence-corrected chi connectivity index (χ4v) is 1.77. The average molecular weight is 257 g/mol. The van der Waals surface area contributed by atoms with E-state index in [4.69, 9.17) is 9.47 Å². The van der Waals surface area contributed by atoms with Crippen LogP contribution in [0, 0.1) is 0 Å². The lowest BCUT2D eigenvalue weighted by Gasteiger charge is -2.04. The summed E-state index contributed by atoms with van der Waals surface area (Å²) in [7, 11) is 1.62. The number of ether oxygens (including phenoxy) is 2. The van der Waals surface area contributed by atoms with E-state index in [2.05, 4.69) is 4.98 Å². The van der Waals surface area contributed by atoms with Gasteiger partial charge in [-0.15, -0.1) is 0 Å². The lowest BCUT2D eigenvalue weighted by molar-refractivity contribution is -0.137. The molecular weight excluding hydrogens is 242 g/mol. The molecule has 1 aromatic heterocycles. The van der Waals surface area contributed by atoms with Crippen LogP contribution in [0.1, 0.15) is 12.5 Å². The van der Waals surface area contributed by atoms with Crippen LogP contribution in [-0.4, -0.2) is 24.7 Å². The van der Waals surface area contributed by atoms with Gasteiger partial charge in [0.2, 0.25) is 0 Å². The average Bonchev–Trinajstić information content (AvgIpc) is 2.44. The largest absolute Gasteiger partial charge is 0.497 e. The van der Waals surface area contributed by atoms with Crippen molar-refractivity contribution in [1.29, 1.82) is 0 Å². The highest BCUT2D eigenvalue weighted by Crippen LogP contribution is 2.23. The van der Waals surface area contributed by atoms with Crippen molar-refractivity contribution in [3.05, 3.63) is 42.1 Å². The fraction of sp³-hybridized carbons (Fsp3) is 0.200. The molecule has 0 aliphatic heterocycles. The third-order valence-corrected chi connectivity index (χ3v) is 2.67. The quantitative estimate of drug-likeness (QED) is 0.624. The molecule has 19 heavy (non-hydrogen) atoms. The number of carbonyl (C=O) groups is 1. The minimum atomic E-state index is -0.352. The summed E-state index contributed by atoms with van der Waals surface area (Å²) in [4.78, 5) is 15.6. The van der Waals surface area contributed by atoms with Crippen LogP contribution in [0.4, 0.5) is 0 Å². The van der Waals surface area contributed by atoms with Gasteiger partial charge in [0, 0.05) is 17.7 Å². The summed E-state index contributed by atoms with van der Waals surface area (Å²) in [5, 5.41) is 0.933. The van der Waals surface area contributed by atoms with Crippen LogP contribution < -0.4 is 4.74 Å². The van der Waals surface area contributed by atoms with Gasteiger partial charge >= 0.3 is 5.97 Å². The highest BCUT2D eigenvalue weighted by atomic mass is 16.5. The topological polar surface area (TPSA) is 48.4 Å². The van der Waals surface area contributed by atoms with E-state index in [0.29, 0.717) is 6.61 Å². The first-order chi connectivity index (χ1) is 9.24. The molecule has 4 nitrogen and oxygen atoms in total. The van der Waals surface area contributed by atoms with Crippen molar-refractivity contribution in [2.45, 2.75) is 6.92 Å². The van der Waals surface area contributed by atoms with E-state index in [1.165, 1.54) is 6.08 Å². The summed E-state index contributed by atoms with van der Waals surface area (Å²) < 4.78 is 10.1. The summed E-state index contributed by atoms with van der Waals surface area (Å²) >= 11 is 0. The Balaban J connectivity index is 2.39. The molecule has 0 amide bonds. The minimum Gasteiger partial charge on any atom is -0.497 e. The van der Waals surface area contributed by atoms with Crippen LogP contribution in [0.3, 0.4) is 0 Å². The Morgan fingerprint density at radius 3 is 2.95 bits per heavy atom.